The highest BCUT2D eigenvalue weighted by atomic mass is 16.6. The number of nitro benzene ring substituents is 2. The van der Waals surface area contributed by atoms with E-state index in [4.69, 9.17) is 14.2 Å². The van der Waals surface area contributed by atoms with Gasteiger partial charge < -0.3 is 24.6 Å². The van der Waals surface area contributed by atoms with Gasteiger partial charge in [-0.3, -0.25) is 34.7 Å². The molecule has 1 aliphatic heterocycles. The number of para-hydroxylation sites is 2. The highest BCUT2D eigenvalue weighted by Crippen LogP contribution is 2.27. The smallest absolute Gasteiger partial charge is 0.408 e. The van der Waals surface area contributed by atoms with Crippen molar-refractivity contribution in [1.82, 2.24) is 10.2 Å². The van der Waals surface area contributed by atoms with Crippen LogP contribution in [0.5, 0.6) is 0 Å². The second-order valence-corrected chi connectivity index (χ2v) is 8.39. The van der Waals surface area contributed by atoms with E-state index in [1.54, 1.807) is 0 Å². The number of aliphatic hydroxyl groups is 1. The van der Waals surface area contributed by atoms with Crippen LogP contribution in [0.15, 0.2) is 48.5 Å². The molecule has 2 N–H and O–H groups in total. The number of aliphatic hydroxyl groups excluding tert-OH is 1. The molecule has 2 amide bonds. The van der Waals surface area contributed by atoms with Crippen LogP contribution in [0.25, 0.3) is 0 Å². The van der Waals surface area contributed by atoms with Gasteiger partial charge >= 0.3 is 18.0 Å². The molecule has 1 saturated heterocycles. The molecule has 3 unspecified atom stereocenters. The molecule has 0 spiro atoms. The van der Waals surface area contributed by atoms with E-state index in [1.165, 1.54) is 48.5 Å². The summed E-state index contributed by atoms with van der Waals surface area (Å²) in [5.74, 6) is -2.82. The van der Waals surface area contributed by atoms with E-state index in [2.05, 4.69) is 5.32 Å². The van der Waals surface area contributed by atoms with Crippen LogP contribution in [0.4, 0.5) is 16.2 Å². The molecule has 1 fully saturated rings. The number of esters is 2. The Morgan fingerprint density at radius 1 is 0.950 bits per heavy atom. The number of amides is 2. The first-order valence-electron chi connectivity index (χ1n) is 11.7. The van der Waals surface area contributed by atoms with Gasteiger partial charge in [-0.2, -0.15) is 0 Å². The molecule has 3 rings (SSSR count). The number of hydrogen-bond donors (Lipinski definition) is 2. The molecule has 0 saturated carbocycles. The lowest BCUT2D eigenvalue weighted by Gasteiger charge is -2.48. The number of rotatable bonds is 12. The summed E-state index contributed by atoms with van der Waals surface area (Å²) < 4.78 is 14.8. The summed E-state index contributed by atoms with van der Waals surface area (Å²) >= 11 is 0. The quantitative estimate of drug-likeness (QED) is 0.123. The van der Waals surface area contributed by atoms with Gasteiger partial charge in [0.15, 0.2) is 0 Å². The molecule has 1 heterocycles. The minimum absolute atomic E-state index is 0.0512. The predicted molar refractivity (Wildman–Crippen MR) is 131 cm³/mol. The maximum atomic E-state index is 12.8. The second kappa shape index (κ2) is 13.1. The Labute approximate surface area is 225 Å². The Kier molecular flexibility index (Phi) is 9.64. The number of nitrogens with one attached hydrogen (secondary N) is 1. The summed E-state index contributed by atoms with van der Waals surface area (Å²) in [4.78, 5) is 70.5. The lowest BCUT2D eigenvalue weighted by molar-refractivity contribution is -0.386. The van der Waals surface area contributed by atoms with E-state index in [1.807, 2.05) is 0 Å². The highest BCUT2D eigenvalue weighted by molar-refractivity contribution is 5.95. The van der Waals surface area contributed by atoms with Gasteiger partial charge in [0.2, 0.25) is 12.1 Å². The summed E-state index contributed by atoms with van der Waals surface area (Å²) in [5, 5.41) is 35.1. The van der Waals surface area contributed by atoms with Gasteiger partial charge in [-0.25, -0.2) is 9.59 Å². The molecule has 2 aromatic rings. The van der Waals surface area contributed by atoms with Crippen LogP contribution in [0.3, 0.4) is 0 Å². The first kappa shape index (κ1) is 29.4. The van der Waals surface area contributed by atoms with Gasteiger partial charge in [-0.05, 0) is 12.1 Å². The molecule has 3 atom stereocenters. The van der Waals surface area contributed by atoms with Crippen molar-refractivity contribution in [2.24, 2.45) is 0 Å². The molecule has 16 nitrogen and oxygen atoms in total. The third-order valence-corrected chi connectivity index (χ3v) is 5.83. The minimum Gasteiger partial charge on any atom is -0.466 e. The number of hydrogen-bond acceptors (Lipinski definition) is 12. The average molecular weight is 560 g/mol. The van der Waals surface area contributed by atoms with Gasteiger partial charge in [-0.15, -0.1) is 0 Å². The molecular weight excluding hydrogens is 536 g/mol. The van der Waals surface area contributed by atoms with E-state index in [0.29, 0.717) is 4.90 Å². The van der Waals surface area contributed by atoms with E-state index < -0.39 is 65.3 Å². The first-order valence-corrected chi connectivity index (χ1v) is 11.7. The summed E-state index contributed by atoms with van der Waals surface area (Å²) in [5.41, 5.74) is -0.432. The van der Waals surface area contributed by atoms with Gasteiger partial charge in [0, 0.05) is 25.5 Å². The van der Waals surface area contributed by atoms with Crippen molar-refractivity contribution >= 4 is 35.3 Å². The second-order valence-electron chi connectivity index (χ2n) is 8.39. The Morgan fingerprint density at radius 3 is 2.00 bits per heavy atom. The summed E-state index contributed by atoms with van der Waals surface area (Å²) in [6.07, 6.45) is -3.35. The van der Waals surface area contributed by atoms with E-state index in [-0.39, 0.29) is 35.5 Å². The van der Waals surface area contributed by atoms with Gasteiger partial charge in [0.05, 0.1) is 33.6 Å². The number of carbonyl (C=O) groups is 4. The molecule has 0 aliphatic carbocycles. The summed E-state index contributed by atoms with van der Waals surface area (Å²) in [6, 6.07) is 8.68. The number of ether oxygens (including phenoxy) is 3. The maximum absolute atomic E-state index is 12.8. The van der Waals surface area contributed by atoms with E-state index in [0.717, 1.165) is 6.92 Å². The zero-order valence-corrected chi connectivity index (χ0v) is 21.0. The number of likely N-dealkylation sites (tertiary alicyclic amines) is 1. The Hall–Kier alpha value is -5.12. The SMILES string of the molecule is CC(=O)OCCC1C(NC(=O)OCc2ccccc2[N+](=O)[O-])C(=O)N1C(O)C(=O)OCc1ccccc1[N+](=O)[O-]. The molecule has 40 heavy (non-hydrogen) atoms. The molecular formula is C24H24N4O12. The summed E-state index contributed by atoms with van der Waals surface area (Å²) in [6.45, 7) is -0.126. The van der Waals surface area contributed by atoms with Gasteiger partial charge in [0.1, 0.15) is 19.3 Å². The minimum atomic E-state index is -2.14. The highest BCUT2D eigenvalue weighted by Gasteiger charge is 2.53. The standard InChI is InChI=1S/C24H24N4O12/c1-14(29)38-11-10-19-20(25-24(33)40-13-16-7-3-5-9-18(16)28(36)37)21(30)26(19)22(31)23(32)39-12-15-6-2-4-8-17(15)27(34)35/h2-9,19-20,22,31H,10-13H2,1H3,(H,25,33). The van der Waals surface area contributed by atoms with Crippen LogP contribution in [0.2, 0.25) is 0 Å². The molecule has 0 aromatic heterocycles. The zero-order chi connectivity index (χ0) is 29.4. The van der Waals surface area contributed by atoms with Crippen molar-refractivity contribution in [3.05, 3.63) is 79.9 Å². The number of nitrogens with zero attached hydrogens (tertiary/aromatic N) is 3. The first-order chi connectivity index (χ1) is 19.0. The Balaban J connectivity index is 1.65. The van der Waals surface area contributed by atoms with Crippen molar-refractivity contribution in [3.63, 3.8) is 0 Å². The maximum Gasteiger partial charge on any atom is 0.408 e. The Morgan fingerprint density at radius 2 is 1.48 bits per heavy atom. The number of benzene rings is 2. The topological polar surface area (TPSA) is 218 Å². The fourth-order valence-electron chi connectivity index (χ4n) is 3.93. The number of alkyl carbamates (subject to hydrolysis) is 1. The van der Waals surface area contributed by atoms with Crippen LogP contribution >= 0.6 is 0 Å². The third kappa shape index (κ3) is 7.04. The third-order valence-electron chi connectivity index (χ3n) is 5.83. The zero-order valence-electron chi connectivity index (χ0n) is 21.0. The van der Waals surface area contributed by atoms with Crippen LogP contribution < -0.4 is 5.32 Å². The molecule has 212 valence electrons. The normalized spacial score (nSPS) is 16.8. The van der Waals surface area contributed by atoms with Crippen LogP contribution in [0.1, 0.15) is 24.5 Å². The van der Waals surface area contributed by atoms with Crippen molar-refractivity contribution in [1.29, 1.82) is 0 Å². The van der Waals surface area contributed by atoms with Gasteiger partial charge in [-0.1, -0.05) is 24.3 Å². The van der Waals surface area contributed by atoms with Gasteiger partial charge in [0.25, 0.3) is 11.4 Å². The molecule has 16 heteroatoms. The van der Waals surface area contributed by atoms with Crippen molar-refractivity contribution in [2.75, 3.05) is 6.61 Å². The monoisotopic (exact) mass is 560 g/mol. The fourth-order valence-corrected chi connectivity index (χ4v) is 3.93. The molecule has 2 aromatic carbocycles. The van der Waals surface area contributed by atoms with Crippen LogP contribution in [-0.2, 0) is 41.8 Å². The van der Waals surface area contributed by atoms with Crippen LogP contribution in [-0.4, -0.2) is 68.7 Å². The van der Waals surface area contributed by atoms with E-state index >= 15 is 0 Å². The van der Waals surface area contributed by atoms with Crippen molar-refractivity contribution < 1.29 is 48.3 Å². The van der Waals surface area contributed by atoms with E-state index in [9.17, 15) is 44.5 Å². The lowest BCUT2D eigenvalue weighted by Crippen LogP contribution is -2.74. The van der Waals surface area contributed by atoms with Crippen LogP contribution in [0, 0.1) is 20.2 Å². The number of nitro groups is 2. The molecule has 0 bridgehead atoms. The average Bonchev–Trinajstić information content (AvgIpc) is 2.92. The predicted octanol–water partition coefficient (Wildman–Crippen LogP) is 1.32. The lowest BCUT2D eigenvalue weighted by atomic mass is 9.91. The number of β-lactam (4-membered cyclic amide) rings is 1. The summed E-state index contributed by atoms with van der Waals surface area (Å²) in [7, 11) is 0. The van der Waals surface area contributed by atoms with Crippen molar-refractivity contribution in [2.45, 2.75) is 44.9 Å². The number of carbonyl (C=O) groups excluding carboxylic acids is 4. The molecule has 0 radical (unpaired) electrons. The fraction of sp³-hybridized carbons (Fsp3) is 0.333. The van der Waals surface area contributed by atoms with Crippen molar-refractivity contribution in [3.8, 4) is 0 Å². The Bertz CT molecular complexity index is 1320. The largest absolute Gasteiger partial charge is 0.466 e. The molecule has 1 aliphatic rings.